The molecule has 1 aromatic carbocycles. The molecule has 0 unspecified atom stereocenters. The van der Waals surface area contributed by atoms with Crippen molar-refractivity contribution in [2.24, 2.45) is 0 Å². The number of H-pyrrole nitrogens is 2. The second-order valence-electron chi connectivity index (χ2n) is 7.44. The van der Waals surface area contributed by atoms with Crippen LogP contribution in [0.15, 0.2) is 61.2 Å². The molecule has 4 N–H and O–H groups in total. The van der Waals surface area contributed by atoms with Crippen LogP contribution in [-0.4, -0.2) is 35.1 Å². The monoisotopic (exact) mass is 440 g/mol. The molecule has 10 heteroatoms. The van der Waals surface area contributed by atoms with Crippen molar-refractivity contribution in [1.29, 1.82) is 0 Å². The molecule has 0 aliphatic carbocycles. The summed E-state index contributed by atoms with van der Waals surface area (Å²) in [4.78, 5) is 20.5. The highest BCUT2D eigenvalue weighted by Crippen LogP contribution is 2.34. The van der Waals surface area contributed by atoms with E-state index in [9.17, 15) is 4.39 Å². The summed E-state index contributed by atoms with van der Waals surface area (Å²) in [6, 6.07) is 9.35. The third-order valence-corrected chi connectivity index (χ3v) is 5.32. The van der Waals surface area contributed by atoms with Gasteiger partial charge in [0.25, 0.3) is 0 Å². The number of hydrogen-bond acceptors (Lipinski definition) is 6. The molecular formula is C23H14F2N8. The first-order valence-corrected chi connectivity index (χ1v) is 9.93. The van der Waals surface area contributed by atoms with E-state index in [-0.39, 0.29) is 16.9 Å². The van der Waals surface area contributed by atoms with Crippen molar-refractivity contribution in [2.45, 2.75) is 0 Å². The van der Waals surface area contributed by atoms with Crippen molar-refractivity contribution < 1.29 is 8.78 Å². The van der Waals surface area contributed by atoms with Gasteiger partial charge in [0.05, 0.1) is 34.0 Å². The predicted octanol–water partition coefficient (Wildman–Crippen LogP) is 4.49. The van der Waals surface area contributed by atoms with Gasteiger partial charge in [-0.3, -0.25) is 20.1 Å². The average Bonchev–Trinajstić information content (AvgIpc) is 3.44. The first-order chi connectivity index (χ1) is 16.1. The van der Waals surface area contributed by atoms with E-state index in [0.29, 0.717) is 50.6 Å². The Hall–Kier alpha value is -4.73. The van der Waals surface area contributed by atoms with Gasteiger partial charge in [0.2, 0.25) is 0 Å². The van der Waals surface area contributed by atoms with E-state index in [1.807, 2.05) is 0 Å². The molecule has 0 saturated carbocycles. The fourth-order valence-corrected chi connectivity index (χ4v) is 3.80. The number of pyridine rings is 3. The Morgan fingerprint density at radius 3 is 2.48 bits per heavy atom. The first kappa shape index (κ1) is 19.0. The summed E-state index contributed by atoms with van der Waals surface area (Å²) in [6.07, 6.45) is 6.10. The van der Waals surface area contributed by atoms with Crippen molar-refractivity contribution in [1.82, 2.24) is 35.1 Å². The molecule has 0 aliphatic rings. The Bertz CT molecular complexity index is 1650. The molecule has 0 aliphatic heterocycles. The second kappa shape index (κ2) is 7.16. The summed E-state index contributed by atoms with van der Waals surface area (Å²) in [7, 11) is 0. The Balaban J connectivity index is 1.54. The number of halogens is 2. The van der Waals surface area contributed by atoms with E-state index < -0.39 is 5.82 Å². The highest BCUT2D eigenvalue weighted by atomic mass is 19.1. The minimum Gasteiger partial charge on any atom is -0.397 e. The summed E-state index contributed by atoms with van der Waals surface area (Å²) in [5.74, 6) is -0.553. The number of anilines is 1. The normalized spacial score (nSPS) is 11.5. The summed E-state index contributed by atoms with van der Waals surface area (Å²) >= 11 is 0. The molecule has 5 aromatic heterocycles. The number of imidazole rings is 1. The SMILES string of the molecule is Nc1cncc(-c2ncc3[nH]nc(-c4nc5c(-c6ccc(F)cc6)nccc5[nH]4)c3c2F)c1. The van der Waals surface area contributed by atoms with Crippen LogP contribution in [0.3, 0.4) is 0 Å². The van der Waals surface area contributed by atoms with Crippen molar-refractivity contribution in [3.8, 4) is 34.0 Å². The zero-order chi connectivity index (χ0) is 22.5. The van der Waals surface area contributed by atoms with E-state index in [1.54, 1.807) is 30.5 Å². The van der Waals surface area contributed by atoms with Gasteiger partial charge in [-0.2, -0.15) is 5.10 Å². The molecule has 5 heterocycles. The van der Waals surface area contributed by atoms with Crippen molar-refractivity contribution in [3.05, 3.63) is 72.8 Å². The van der Waals surface area contributed by atoms with Gasteiger partial charge in [-0.05, 0) is 36.4 Å². The molecule has 0 amide bonds. The van der Waals surface area contributed by atoms with Gasteiger partial charge < -0.3 is 10.7 Å². The van der Waals surface area contributed by atoms with Crippen LogP contribution >= 0.6 is 0 Å². The highest BCUT2D eigenvalue weighted by Gasteiger charge is 2.21. The molecule has 0 radical (unpaired) electrons. The Labute approximate surface area is 184 Å². The summed E-state index contributed by atoms with van der Waals surface area (Å²) in [5.41, 5.74) is 10.00. The number of aromatic nitrogens is 7. The van der Waals surface area contributed by atoms with Crippen LogP contribution in [0.25, 0.3) is 56.0 Å². The Morgan fingerprint density at radius 2 is 1.67 bits per heavy atom. The van der Waals surface area contributed by atoms with Gasteiger partial charge >= 0.3 is 0 Å². The van der Waals surface area contributed by atoms with Gasteiger partial charge in [-0.15, -0.1) is 0 Å². The Morgan fingerprint density at radius 1 is 0.818 bits per heavy atom. The molecule has 160 valence electrons. The first-order valence-electron chi connectivity index (χ1n) is 9.93. The largest absolute Gasteiger partial charge is 0.397 e. The second-order valence-corrected chi connectivity index (χ2v) is 7.44. The highest BCUT2D eigenvalue weighted by molar-refractivity contribution is 5.97. The number of nitrogens with one attached hydrogen (secondary N) is 2. The number of nitrogen functional groups attached to an aromatic ring is 1. The quantitative estimate of drug-likeness (QED) is 0.373. The van der Waals surface area contributed by atoms with Gasteiger partial charge in [-0.1, -0.05) is 0 Å². The lowest BCUT2D eigenvalue weighted by molar-refractivity contribution is 0.628. The molecular weight excluding hydrogens is 426 g/mol. The van der Waals surface area contributed by atoms with Gasteiger partial charge in [0, 0.05) is 29.7 Å². The summed E-state index contributed by atoms with van der Waals surface area (Å²) < 4.78 is 29.0. The maximum Gasteiger partial charge on any atom is 0.161 e. The van der Waals surface area contributed by atoms with Gasteiger partial charge in [0.15, 0.2) is 11.6 Å². The fourth-order valence-electron chi connectivity index (χ4n) is 3.80. The smallest absolute Gasteiger partial charge is 0.161 e. The van der Waals surface area contributed by atoms with E-state index in [0.717, 1.165) is 0 Å². The lowest BCUT2D eigenvalue weighted by Crippen LogP contribution is -1.94. The third-order valence-electron chi connectivity index (χ3n) is 5.32. The Kier molecular flexibility index (Phi) is 4.12. The number of fused-ring (bicyclic) bond motifs is 2. The van der Waals surface area contributed by atoms with Crippen LogP contribution in [0.4, 0.5) is 14.5 Å². The predicted molar refractivity (Wildman–Crippen MR) is 120 cm³/mol. The van der Waals surface area contributed by atoms with Crippen LogP contribution in [0.1, 0.15) is 0 Å². The number of nitrogens with zero attached hydrogens (tertiary/aromatic N) is 5. The van der Waals surface area contributed by atoms with E-state index in [4.69, 9.17) is 5.73 Å². The van der Waals surface area contributed by atoms with E-state index >= 15 is 4.39 Å². The molecule has 6 aromatic rings. The third kappa shape index (κ3) is 3.07. The van der Waals surface area contributed by atoms with Crippen LogP contribution in [-0.2, 0) is 0 Å². The molecule has 8 nitrogen and oxygen atoms in total. The average molecular weight is 440 g/mol. The minimum atomic E-state index is -0.569. The van der Waals surface area contributed by atoms with Gasteiger partial charge in [-0.25, -0.2) is 13.8 Å². The van der Waals surface area contributed by atoms with Crippen LogP contribution in [0.2, 0.25) is 0 Å². The summed E-state index contributed by atoms with van der Waals surface area (Å²) in [6.45, 7) is 0. The summed E-state index contributed by atoms with van der Waals surface area (Å²) in [5, 5.41) is 7.32. The zero-order valence-corrected chi connectivity index (χ0v) is 16.8. The molecule has 0 bridgehead atoms. The van der Waals surface area contributed by atoms with Crippen LogP contribution in [0, 0.1) is 11.6 Å². The van der Waals surface area contributed by atoms with E-state index in [2.05, 4.69) is 35.1 Å². The molecule has 0 atom stereocenters. The molecule has 0 fully saturated rings. The molecule has 33 heavy (non-hydrogen) atoms. The number of aromatic amines is 2. The van der Waals surface area contributed by atoms with Crippen molar-refractivity contribution >= 4 is 27.6 Å². The maximum absolute atomic E-state index is 15.6. The maximum atomic E-state index is 15.6. The van der Waals surface area contributed by atoms with E-state index in [1.165, 1.54) is 30.7 Å². The van der Waals surface area contributed by atoms with Crippen molar-refractivity contribution in [2.75, 3.05) is 5.73 Å². The molecule has 0 spiro atoms. The lowest BCUT2D eigenvalue weighted by Gasteiger charge is -2.04. The molecule has 0 saturated heterocycles. The number of benzene rings is 1. The van der Waals surface area contributed by atoms with Crippen molar-refractivity contribution in [3.63, 3.8) is 0 Å². The molecule has 6 rings (SSSR count). The number of hydrogen-bond donors (Lipinski definition) is 3. The van der Waals surface area contributed by atoms with Crippen LogP contribution < -0.4 is 5.73 Å². The topological polar surface area (TPSA) is 122 Å². The standard InChI is InChI=1S/C23H14F2N8/c24-13-3-1-11(2-4-13)20-21-15(5-6-28-20)30-23(31-21)22-17-16(32-33-22)10-29-19(18(17)25)12-7-14(26)9-27-8-12/h1-10H,26H2,(H,30,31)(H,32,33). The fraction of sp³-hybridized carbons (Fsp3) is 0. The van der Waals surface area contributed by atoms with Gasteiger partial charge in [0.1, 0.15) is 22.7 Å². The number of nitrogens with two attached hydrogens (primary N) is 1. The number of rotatable bonds is 3. The lowest BCUT2D eigenvalue weighted by atomic mass is 10.1. The van der Waals surface area contributed by atoms with Crippen LogP contribution in [0.5, 0.6) is 0 Å². The minimum absolute atomic E-state index is 0.106. The zero-order valence-electron chi connectivity index (χ0n) is 16.8.